The molecule has 7 heteroatoms. The summed E-state index contributed by atoms with van der Waals surface area (Å²) in [6.45, 7) is 1.53. The molecule has 0 saturated carbocycles. The van der Waals surface area contributed by atoms with Crippen molar-refractivity contribution in [3.8, 4) is 0 Å². The number of carbonyl (C=O) groups excluding carboxylic acids is 1. The van der Waals surface area contributed by atoms with Crippen LogP contribution in [0.4, 0.5) is 0 Å². The third-order valence-corrected chi connectivity index (χ3v) is 4.49. The van der Waals surface area contributed by atoms with E-state index in [1.165, 1.54) is 0 Å². The second-order valence-corrected chi connectivity index (χ2v) is 5.93. The van der Waals surface area contributed by atoms with Crippen molar-refractivity contribution in [3.63, 3.8) is 0 Å². The molecule has 1 aliphatic heterocycles. The Kier molecular flexibility index (Phi) is 3.40. The number of rotatable bonds is 4. The van der Waals surface area contributed by atoms with Crippen molar-refractivity contribution >= 4 is 5.91 Å². The smallest absolute Gasteiger partial charge is 0.273 e. The van der Waals surface area contributed by atoms with Crippen LogP contribution in [0.2, 0.25) is 0 Å². The van der Waals surface area contributed by atoms with Crippen LogP contribution in [0, 0.1) is 0 Å². The topological polar surface area (TPSA) is 85.8 Å². The largest absolute Gasteiger partial charge is 0.360 e. The van der Waals surface area contributed by atoms with Crippen molar-refractivity contribution in [2.24, 2.45) is 0 Å². The standard InChI is InChI=1S/C15H19N5O2/c21-15(14-10-4-1-2-5-11(10)22-19-14)16-8-7-13-18-17-12-6-3-9-20(12)13/h1-9H2,(H,16,21). The number of hydrogen-bond acceptors (Lipinski definition) is 5. The summed E-state index contributed by atoms with van der Waals surface area (Å²) in [5, 5.41) is 15.2. The first-order valence-corrected chi connectivity index (χ1v) is 7.99. The highest BCUT2D eigenvalue weighted by Crippen LogP contribution is 2.24. The van der Waals surface area contributed by atoms with Crippen LogP contribution in [0.15, 0.2) is 4.52 Å². The Bertz CT molecular complexity index is 703. The second-order valence-electron chi connectivity index (χ2n) is 5.93. The number of carbonyl (C=O) groups is 1. The van der Waals surface area contributed by atoms with Crippen molar-refractivity contribution in [3.05, 3.63) is 28.7 Å². The molecule has 0 saturated heterocycles. The van der Waals surface area contributed by atoms with Crippen LogP contribution in [-0.2, 0) is 32.2 Å². The first-order valence-electron chi connectivity index (χ1n) is 7.99. The number of hydrogen-bond donors (Lipinski definition) is 1. The van der Waals surface area contributed by atoms with Gasteiger partial charge in [0.2, 0.25) is 0 Å². The first-order chi connectivity index (χ1) is 10.8. The van der Waals surface area contributed by atoms with E-state index in [4.69, 9.17) is 4.52 Å². The van der Waals surface area contributed by atoms with Gasteiger partial charge in [0, 0.05) is 37.9 Å². The first kappa shape index (κ1) is 13.5. The highest BCUT2D eigenvalue weighted by atomic mass is 16.5. The zero-order chi connectivity index (χ0) is 14.9. The molecule has 1 N–H and O–H groups in total. The Balaban J connectivity index is 1.37. The molecule has 3 heterocycles. The maximum atomic E-state index is 12.3. The lowest BCUT2D eigenvalue weighted by Crippen LogP contribution is -2.28. The van der Waals surface area contributed by atoms with Gasteiger partial charge in [0.25, 0.3) is 5.91 Å². The van der Waals surface area contributed by atoms with Crippen LogP contribution in [0.25, 0.3) is 0 Å². The fourth-order valence-corrected chi connectivity index (χ4v) is 3.33. The number of aryl methyl sites for hydroxylation is 2. The van der Waals surface area contributed by atoms with Gasteiger partial charge in [-0.15, -0.1) is 10.2 Å². The van der Waals surface area contributed by atoms with Crippen LogP contribution in [0.1, 0.15) is 52.7 Å². The Morgan fingerprint density at radius 2 is 2.09 bits per heavy atom. The number of nitrogens with one attached hydrogen (secondary N) is 1. The molecule has 1 amide bonds. The minimum atomic E-state index is -0.145. The van der Waals surface area contributed by atoms with Gasteiger partial charge in [0.1, 0.15) is 17.4 Å². The fraction of sp³-hybridized carbons (Fsp3) is 0.600. The van der Waals surface area contributed by atoms with E-state index in [1.807, 2.05) is 0 Å². The number of amides is 1. The summed E-state index contributed by atoms with van der Waals surface area (Å²) in [6.07, 6.45) is 6.82. The third kappa shape index (κ3) is 2.30. The molecule has 0 spiro atoms. The van der Waals surface area contributed by atoms with Gasteiger partial charge < -0.3 is 14.4 Å². The molecule has 0 aromatic carbocycles. The lowest BCUT2D eigenvalue weighted by molar-refractivity contribution is 0.0944. The Morgan fingerprint density at radius 1 is 1.18 bits per heavy atom. The van der Waals surface area contributed by atoms with E-state index in [2.05, 4.69) is 25.2 Å². The molecule has 4 rings (SSSR count). The summed E-state index contributed by atoms with van der Waals surface area (Å²) in [5.41, 5.74) is 1.45. The van der Waals surface area contributed by atoms with E-state index >= 15 is 0 Å². The third-order valence-electron chi connectivity index (χ3n) is 4.49. The van der Waals surface area contributed by atoms with Crippen molar-refractivity contribution < 1.29 is 9.32 Å². The quantitative estimate of drug-likeness (QED) is 0.912. The van der Waals surface area contributed by atoms with Gasteiger partial charge in [-0.1, -0.05) is 5.16 Å². The SMILES string of the molecule is O=C(NCCc1nnc2n1CCC2)c1noc2c1CCCC2. The van der Waals surface area contributed by atoms with Crippen LogP contribution in [0.3, 0.4) is 0 Å². The van der Waals surface area contributed by atoms with Gasteiger partial charge in [0.15, 0.2) is 5.69 Å². The minimum absolute atomic E-state index is 0.145. The number of aromatic nitrogens is 4. The number of fused-ring (bicyclic) bond motifs is 2. The van der Waals surface area contributed by atoms with Crippen LogP contribution in [-0.4, -0.2) is 32.4 Å². The molecule has 116 valence electrons. The number of nitrogens with zero attached hydrogens (tertiary/aromatic N) is 4. The van der Waals surface area contributed by atoms with Gasteiger partial charge in [-0.25, -0.2) is 0 Å². The van der Waals surface area contributed by atoms with Crippen molar-refractivity contribution in [2.45, 2.75) is 51.5 Å². The zero-order valence-corrected chi connectivity index (χ0v) is 12.5. The minimum Gasteiger partial charge on any atom is -0.360 e. The Labute approximate surface area is 128 Å². The van der Waals surface area contributed by atoms with Crippen molar-refractivity contribution in [1.29, 1.82) is 0 Å². The summed E-state index contributed by atoms with van der Waals surface area (Å²) in [6, 6.07) is 0. The average molecular weight is 301 g/mol. The molecule has 0 radical (unpaired) electrons. The van der Waals surface area contributed by atoms with E-state index in [9.17, 15) is 4.79 Å². The summed E-state index contributed by atoms with van der Waals surface area (Å²) < 4.78 is 7.44. The predicted octanol–water partition coefficient (Wildman–Crippen LogP) is 1.06. The van der Waals surface area contributed by atoms with Gasteiger partial charge in [-0.3, -0.25) is 4.79 Å². The summed E-state index contributed by atoms with van der Waals surface area (Å²) in [5.74, 6) is 2.75. The highest BCUT2D eigenvalue weighted by Gasteiger charge is 2.24. The molecule has 22 heavy (non-hydrogen) atoms. The molecule has 2 aliphatic rings. The summed E-state index contributed by atoms with van der Waals surface area (Å²) in [7, 11) is 0. The van der Waals surface area contributed by atoms with E-state index in [0.717, 1.165) is 68.0 Å². The van der Waals surface area contributed by atoms with Gasteiger partial charge >= 0.3 is 0 Å². The van der Waals surface area contributed by atoms with Crippen molar-refractivity contribution in [1.82, 2.24) is 25.2 Å². The Hall–Kier alpha value is -2.18. The molecular formula is C15H19N5O2. The van der Waals surface area contributed by atoms with Crippen LogP contribution in [0.5, 0.6) is 0 Å². The van der Waals surface area contributed by atoms with E-state index < -0.39 is 0 Å². The normalized spacial score (nSPS) is 16.4. The lowest BCUT2D eigenvalue weighted by atomic mass is 9.96. The Morgan fingerprint density at radius 3 is 3.05 bits per heavy atom. The summed E-state index contributed by atoms with van der Waals surface area (Å²) in [4.78, 5) is 12.3. The molecule has 0 unspecified atom stereocenters. The fourth-order valence-electron chi connectivity index (χ4n) is 3.33. The molecule has 1 aliphatic carbocycles. The average Bonchev–Trinajstić information content (AvgIpc) is 3.23. The van der Waals surface area contributed by atoms with Crippen molar-refractivity contribution in [2.75, 3.05) is 6.54 Å². The van der Waals surface area contributed by atoms with E-state index in [-0.39, 0.29) is 5.91 Å². The van der Waals surface area contributed by atoms with E-state index in [0.29, 0.717) is 18.7 Å². The summed E-state index contributed by atoms with van der Waals surface area (Å²) >= 11 is 0. The molecule has 0 bridgehead atoms. The van der Waals surface area contributed by atoms with Crippen LogP contribution >= 0.6 is 0 Å². The maximum absolute atomic E-state index is 12.3. The predicted molar refractivity (Wildman–Crippen MR) is 77.5 cm³/mol. The molecule has 0 atom stereocenters. The zero-order valence-electron chi connectivity index (χ0n) is 12.5. The molecule has 0 fully saturated rings. The van der Waals surface area contributed by atoms with E-state index in [1.54, 1.807) is 0 Å². The van der Waals surface area contributed by atoms with Gasteiger partial charge in [0.05, 0.1) is 0 Å². The molecule has 2 aromatic heterocycles. The molecular weight excluding hydrogens is 282 g/mol. The molecule has 2 aromatic rings. The monoisotopic (exact) mass is 301 g/mol. The maximum Gasteiger partial charge on any atom is 0.273 e. The second kappa shape index (κ2) is 5.55. The van der Waals surface area contributed by atoms with Gasteiger partial charge in [-0.05, 0) is 25.7 Å². The van der Waals surface area contributed by atoms with Crippen LogP contribution < -0.4 is 5.32 Å². The molecule has 7 nitrogen and oxygen atoms in total. The lowest BCUT2D eigenvalue weighted by Gasteiger charge is -2.09. The van der Waals surface area contributed by atoms with Gasteiger partial charge in [-0.2, -0.15) is 0 Å². The highest BCUT2D eigenvalue weighted by molar-refractivity contribution is 5.93.